The van der Waals surface area contributed by atoms with Crippen molar-refractivity contribution in [3.05, 3.63) is 41.1 Å². The Morgan fingerprint density at radius 2 is 1.68 bits per heavy atom. The molecule has 1 aliphatic heterocycles. The number of likely N-dealkylation sites (tertiary alicyclic amines) is 1. The maximum absolute atomic E-state index is 13.5. The zero-order valence-electron chi connectivity index (χ0n) is 21.6. The average Bonchev–Trinajstić information content (AvgIpc) is 2.82. The van der Waals surface area contributed by atoms with Gasteiger partial charge in [0, 0.05) is 24.8 Å². The number of carboxylic acid groups (broad SMARTS) is 1. The van der Waals surface area contributed by atoms with E-state index in [4.69, 9.17) is 9.90 Å². The van der Waals surface area contributed by atoms with Gasteiger partial charge in [-0.2, -0.15) is 31.3 Å². The van der Waals surface area contributed by atoms with Gasteiger partial charge in [-0.05, 0) is 71.8 Å². The maximum Gasteiger partial charge on any atom is 0.490 e. The highest BCUT2D eigenvalue weighted by Gasteiger charge is 2.38. The average molecular weight is 550 g/mol. The summed E-state index contributed by atoms with van der Waals surface area (Å²) in [6.07, 6.45) is -4.64. The van der Waals surface area contributed by atoms with Gasteiger partial charge >= 0.3 is 18.3 Å². The lowest BCUT2D eigenvalue weighted by atomic mass is 10.1. The zero-order chi connectivity index (χ0) is 28.5. The molecular formula is C25H33F6N5O2. The maximum atomic E-state index is 13.5. The van der Waals surface area contributed by atoms with E-state index in [1.54, 1.807) is 13.0 Å². The number of carbonyl (C=O) groups is 1. The number of carboxylic acids is 1. The molecule has 212 valence electrons. The van der Waals surface area contributed by atoms with Gasteiger partial charge in [-0.3, -0.25) is 0 Å². The number of aryl methyl sites for hydroxylation is 2. The van der Waals surface area contributed by atoms with Gasteiger partial charge in [-0.25, -0.2) is 9.78 Å². The molecule has 0 atom stereocenters. The molecule has 1 aromatic carbocycles. The van der Waals surface area contributed by atoms with Crippen LogP contribution in [-0.4, -0.2) is 64.8 Å². The Labute approximate surface area is 217 Å². The number of halogens is 6. The molecule has 1 fully saturated rings. The van der Waals surface area contributed by atoms with E-state index in [0.717, 1.165) is 37.9 Å². The molecule has 0 saturated carbocycles. The van der Waals surface area contributed by atoms with Crippen molar-refractivity contribution >= 4 is 23.4 Å². The molecule has 0 aliphatic carbocycles. The molecule has 2 N–H and O–H groups in total. The van der Waals surface area contributed by atoms with Gasteiger partial charge in [-0.15, -0.1) is 0 Å². The van der Waals surface area contributed by atoms with Crippen molar-refractivity contribution < 1.29 is 36.2 Å². The van der Waals surface area contributed by atoms with Crippen LogP contribution in [0.3, 0.4) is 0 Å². The monoisotopic (exact) mass is 549 g/mol. The van der Waals surface area contributed by atoms with E-state index in [1.807, 2.05) is 13.0 Å². The largest absolute Gasteiger partial charge is 0.490 e. The zero-order valence-corrected chi connectivity index (χ0v) is 21.6. The lowest BCUT2D eigenvalue weighted by Crippen LogP contribution is -2.33. The van der Waals surface area contributed by atoms with Gasteiger partial charge in [0.2, 0.25) is 5.95 Å². The Morgan fingerprint density at radius 3 is 2.24 bits per heavy atom. The molecule has 0 amide bonds. The molecule has 0 bridgehead atoms. The van der Waals surface area contributed by atoms with E-state index in [2.05, 4.69) is 32.0 Å². The quantitative estimate of drug-likeness (QED) is 0.380. The van der Waals surface area contributed by atoms with Crippen molar-refractivity contribution in [1.82, 2.24) is 14.9 Å². The number of hydrogen-bond donors (Lipinski definition) is 2. The first kappa shape index (κ1) is 31.1. The fourth-order valence-electron chi connectivity index (χ4n) is 3.99. The molecule has 0 radical (unpaired) electrons. The highest BCUT2D eigenvalue weighted by molar-refractivity contribution is 5.73. The van der Waals surface area contributed by atoms with Gasteiger partial charge in [-0.1, -0.05) is 18.1 Å². The Hall–Kier alpha value is -3.09. The fraction of sp³-hybridized carbons (Fsp3) is 0.560. The van der Waals surface area contributed by atoms with Crippen LogP contribution in [0.25, 0.3) is 0 Å². The van der Waals surface area contributed by atoms with Crippen molar-refractivity contribution in [3.63, 3.8) is 0 Å². The minimum Gasteiger partial charge on any atom is -0.475 e. The number of anilines is 3. The fourth-order valence-corrected chi connectivity index (χ4v) is 3.99. The van der Waals surface area contributed by atoms with Crippen LogP contribution in [0.2, 0.25) is 0 Å². The third-order valence-electron chi connectivity index (χ3n) is 5.87. The second kappa shape index (κ2) is 13.6. The van der Waals surface area contributed by atoms with Crippen LogP contribution in [0.15, 0.2) is 24.3 Å². The molecule has 38 heavy (non-hydrogen) atoms. The van der Waals surface area contributed by atoms with Crippen LogP contribution in [0.4, 0.5) is 43.8 Å². The van der Waals surface area contributed by atoms with E-state index < -0.39 is 23.9 Å². The number of rotatable bonds is 8. The number of hydrogen-bond acceptors (Lipinski definition) is 6. The first-order chi connectivity index (χ1) is 17.7. The number of aliphatic carboxylic acids is 1. The molecule has 2 heterocycles. The van der Waals surface area contributed by atoms with Crippen LogP contribution < -0.4 is 10.2 Å². The third kappa shape index (κ3) is 9.99. The standard InChI is InChI=1S/C23H32F3N5.C2HF3O2/c1-4-31(14-8-13-30-11-6-5-7-12-30)21-16-18(3)27-22(29-21)28-20-10-9-17(2)15-19(20)23(24,25)26;3-2(4,5)1(6)7/h9-10,15-16H,4-8,11-14H2,1-3H3,(H,27,28,29);(H,6,7). The molecular weight excluding hydrogens is 516 g/mol. The van der Waals surface area contributed by atoms with Gasteiger partial charge in [0.05, 0.1) is 11.3 Å². The minimum atomic E-state index is -5.08. The summed E-state index contributed by atoms with van der Waals surface area (Å²) in [6, 6.07) is 6.10. The summed E-state index contributed by atoms with van der Waals surface area (Å²) in [5.74, 6) is -1.84. The van der Waals surface area contributed by atoms with Crippen molar-refractivity contribution in [2.45, 2.75) is 58.8 Å². The summed E-state index contributed by atoms with van der Waals surface area (Å²) in [5.41, 5.74) is 0.507. The first-order valence-electron chi connectivity index (χ1n) is 12.3. The predicted molar refractivity (Wildman–Crippen MR) is 133 cm³/mol. The third-order valence-corrected chi connectivity index (χ3v) is 5.87. The van der Waals surface area contributed by atoms with Gasteiger partial charge in [0.25, 0.3) is 0 Å². The van der Waals surface area contributed by atoms with Crippen molar-refractivity contribution in [1.29, 1.82) is 0 Å². The second-order valence-corrected chi connectivity index (χ2v) is 9.00. The molecule has 2 aromatic rings. The number of piperidine rings is 1. The molecule has 13 heteroatoms. The summed E-state index contributed by atoms with van der Waals surface area (Å²) < 4.78 is 72.2. The Balaban J connectivity index is 0.000000638. The molecule has 1 aromatic heterocycles. The predicted octanol–water partition coefficient (Wildman–Crippen LogP) is 6.19. The van der Waals surface area contributed by atoms with Crippen LogP contribution >= 0.6 is 0 Å². The SMILES string of the molecule is CCN(CCCN1CCCCC1)c1cc(C)nc(Nc2ccc(C)cc2C(F)(F)F)n1.O=C(O)C(F)(F)F. The van der Waals surface area contributed by atoms with Crippen LogP contribution in [0, 0.1) is 13.8 Å². The summed E-state index contributed by atoms with van der Waals surface area (Å²) in [6.45, 7) is 10.6. The van der Waals surface area contributed by atoms with Crippen LogP contribution in [0.5, 0.6) is 0 Å². The normalized spacial score (nSPS) is 14.4. The van der Waals surface area contributed by atoms with E-state index in [9.17, 15) is 26.3 Å². The van der Waals surface area contributed by atoms with Crippen LogP contribution in [-0.2, 0) is 11.0 Å². The van der Waals surface area contributed by atoms with E-state index >= 15 is 0 Å². The minimum absolute atomic E-state index is 0.0391. The smallest absolute Gasteiger partial charge is 0.475 e. The van der Waals surface area contributed by atoms with Crippen molar-refractivity contribution in [2.24, 2.45) is 0 Å². The number of alkyl halides is 6. The summed E-state index contributed by atoms with van der Waals surface area (Å²) in [5, 5.41) is 9.92. The lowest BCUT2D eigenvalue weighted by Gasteiger charge is -2.28. The van der Waals surface area contributed by atoms with E-state index in [-0.39, 0.29) is 11.6 Å². The van der Waals surface area contributed by atoms with Gasteiger partial charge in [0.1, 0.15) is 5.82 Å². The molecule has 0 unspecified atom stereocenters. The highest BCUT2D eigenvalue weighted by atomic mass is 19.4. The number of aromatic nitrogens is 2. The Morgan fingerprint density at radius 1 is 1.05 bits per heavy atom. The van der Waals surface area contributed by atoms with Gasteiger partial charge in [0.15, 0.2) is 0 Å². The Kier molecular flexibility index (Phi) is 11.2. The Bertz CT molecular complexity index is 1060. The number of benzene rings is 1. The molecule has 7 nitrogen and oxygen atoms in total. The second-order valence-electron chi connectivity index (χ2n) is 9.00. The topological polar surface area (TPSA) is 81.6 Å². The number of nitrogens with zero attached hydrogens (tertiary/aromatic N) is 4. The van der Waals surface area contributed by atoms with Crippen molar-refractivity contribution in [3.8, 4) is 0 Å². The summed E-state index contributed by atoms with van der Waals surface area (Å²) in [7, 11) is 0. The highest BCUT2D eigenvalue weighted by Crippen LogP contribution is 2.36. The summed E-state index contributed by atoms with van der Waals surface area (Å²) >= 11 is 0. The summed E-state index contributed by atoms with van der Waals surface area (Å²) in [4.78, 5) is 22.4. The van der Waals surface area contributed by atoms with Crippen molar-refractivity contribution in [2.75, 3.05) is 42.9 Å². The van der Waals surface area contributed by atoms with E-state index in [1.165, 1.54) is 38.4 Å². The first-order valence-corrected chi connectivity index (χ1v) is 12.3. The van der Waals surface area contributed by atoms with Crippen LogP contribution in [0.1, 0.15) is 49.4 Å². The molecule has 3 rings (SSSR count). The molecule has 0 spiro atoms. The molecule has 1 aliphatic rings. The molecule has 1 saturated heterocycles. The number of nitrogens with one attached hydrogen (secondary N) is 1. The lowest BCUT2D eigenvalue weighted by molar-refractivity contribution is -0.192. The van der Waals surface area contributed by atoms with Gasteiger partial charge < -0.3 is 20.2 Å². The van der Waals surface area contributed by atoms with E-state index in [0.29, 0.717) is 11.3 Å².